The first kappa shape index (κ1) is 14.8. The van der Waals surface area contributed by atoms with Gasteiger partial charge in [0.15, 0.2) is 5.75 Å². The lowest BCUT2D eigenvalue weighted by atomic mass is 10.2. The summed E-state index contributed by atoms with van der Waals surface area (Å²) in [6.45, 7) is -0.00405. The number of benzene rings is 1. The van der Waals surface area contributed by atoms with Crippen molar-refractivity contribution < 1.29 is 19.0 Å². The number of halogens is 1. The highest BCUT2D eigenvalue weighted by molar-refractivity contribution is 5.66. The number of carboxylic acid groups (broad SMARTS) is 1. The van der Waals surface area contributed by atoms with Crippen LogP contribution in [-0.4, -0.2) is 15.6 Å². The highest BCUT2D eigenvalue weighted by Crippen LogP contribution is 2.10. The van der Waals surface area contributed by atoms with E-state index in [1.165, 1.54) is 22.9 Å². The van der Waals surface area contributed by atoms with Gasteiger partial charge in [-0.1, -0.05) is 18.2 Å². The van der Waals surface area contributed by atoms with Crippen LogP contribution in [0.25, 0.3) is 0 Å². The van der Waals surface area contributed by atoms with Gasteiger partial charge in [0.1, 0.15) is 12.4 Å². The van der Waals surface area contributed by atoms with Crippen LogP contribution in [0.4, 0.5) is 4.39 Å². The second kappa shape index (κ2) is 6.69. The van der Waals surface area contributed by atoms with E-state index in [1.807, 2.05) is 0 Å². The molecule has 1 aromatic heterocycles. The molecule has 110 valence electrons. The lowest BCUT2D eigenvalue weighted by Gasteiger charge is -2.09. The van der Waals surface area contributed by atoms with Gasteiger partial charge < -0.3 is 14.4 Å². The molecule has 0 spiro atoms. The fourth-order valence-electron chi connectivity index (χ4n) is 1.79. The van der Waals surface area contributed by atoms with E-state index in [0.717, 1.165) is 0 Å². The van der Waals surface area contributed by atoms with E-state index in [1.54, 1.807) is 24.3 Å². The molecule has 0 aliphatic rings. The average molecular weight is 291 g/mol. The van der Waals surface area contributed by atoms with Gasteiger partial charge >= 0.3 is 5.97 Å². The summed E-state index contributed by atoms with van der Waals surface area (Å²) in [5.74, 6) is -1.33. The van der Waals surface area contributed by atoms with Gasteiger partial charge in [-0.25, -0.2) is 4.39 Å². The fraction of sp³-hybridized carbons (Fsp3) is 0.200. The standard InChI is InChI=1S/C15H14FNO4/c16-12-5-2-1-4-11(12)10-21-13-6-3-8-17(15(13)20)9-7-14(18)19/h1-6,8H,7,9-10H2,(H,18,19). The van der Waals surface area contributed by atoms with Crippen molar-refractivity contribution in [1.82, 2.24) is 4.57 Å². The first-order chi connectivity index (χ1) is 10.1. The van der Waals surface area contributed by atoms with Gasteiger partial charge in [0.05, 0.1) is 6.42 Å². The minimum absolute atomic E-state index is 0.0606. The molecule has 1 aromatic carbocycles. The summed E-state index contributed by atoms with van der Waals surface area (Å²) < 4.78 is 20.0. The predicted octanol–water partition coefficient (Wildman–Crippen LogP) is 2.04. The molecule has 0 unspecified atom stereocenters. The van der Waals surface area contributed by atoms with Gasteiger partial charge in [-0.05, 0) is 18.2 Å². The molecule has 0 amide bonds. The van der Waals surface area contributed by atoms with Crippen molar-refractivity contribution in [2.75, 3.05) is 0 Å². The summed E-state index contributed by atoms with van der Waals surface area (Å²) in [7, 11) is 0. The number of carboxylic acids is 1. The van der Waals surface area contributed by atoms with Crippen LogP contribution in [0.15, 0.2) is 47.4 Å². The highest BCUT2D eigenvalue weighted by Gasteiger charge is 2.07. The average Bonchev–Trinajstić information content (AvgIpc) is 2.46. The number of carbonyl (C=O) groups is 1. The summed E-state index contributed by atoms with van der Waals surface area (Å²) in [4.78, 5) is 22.6. The van der Waals surface area contributed by atoms with Gasteiger partial charge in [0, 0.05) is 18.3 Å². The van der Waals surface area contributed by atoms with Crippen LogP contribution in [0.5, 0.6) is 5.75 Å². The van der Waals surface area contributed by atoms with E-state index in [4.69, 9.17) is 9.84 Å². The van der Waals surface area contributed by atoms with Crippen molar-refractivity contribution in [3.05, 3.63) is 64.3 Å². The molecule has 0 saturated heterocycles. The number of ether oxygens (including phenoxy) is 1. The number of aliphatic carboxylic acids is 1. The SMILES string of the molecule is O=C(O)CCn1cccc(OCc2ccccc2F)c1=O. The van der Waals surface area contributed by atoms with Crippen molar-refractivity contribution >= 4 is 5.97 Å². The molecule has 0 bridgehead atoms. The number of nitrogens with zero attached hydrogens (tertiary/aromatic N) is 1. The molecule has 2 rings (SSSR count). The molecule has 1 N–H and O–H groups in total. The normalized spacial score (nSPS) is 10.3. The Bertz CT molecular complexity index is 696. The molecule has 21 heavy (non-hydrogen) atoms. The molecule has 0 saturated carbocycles. The Morgan fingerprint density at radius 3 is 2.71 bits per heavy atom. The largest absolute Gasteiger partial charge is 0.483 e. The molecule has 6 heteroatoms. The molecule has 1 heterocycles. The minimum atomic E-state index is -0.987. The topological polar surface area (TPSA) is 68.5 Å². The van der Waals surface area contributed by atoms with Crippen LogP contribution in [0.2, 0.25) is 0 Å². The van der Waals surface area contributed by atoms with Crippen molar-refractivity contribution in [2.24, 2.45) is 0 Å². The van der Waals surface area contributed by atoms with Crippen molar-refractivity contribution in [2.45, 2.75) is 19.6 Å². The smallest absolute Gasteiger partial charge is 0.305 e. The van der Waals surface area contributed by atoms with E-state index < -0.39 is 17.3 Å². The maximum Gasteiger partial charge on any atom is 0.305 e. The van der Waals surface area contributed by atoms with Gasteiger partial charge in [-0.2, -0.15) is 0 Å². The van der Waals surface area contributed by atoms with E-state index in [-0.39, 0.29) is 25.3 Å². The van der Waals surface area contributed by atoms with Crippen LogP contribution in [0.1, 0.15) is 12.0 Å². The third-order valence-corrected chi connectivity index (χ3v) is 2.89. The number of aryl methyl sites for hydroxylation is 1. The zero-order chi connectivity index (χ0) is 15.2. The van der Waals surface area contributed by atoms with Gasteiger partial charge in [-0.3, -0.25) is 9.59 Å². The Morgan fingerprint density at radius 2 is 2.00 bits per heavy atom. The Balaban J connectivity index is 2.10. The number of pyridine rings is 1. The minimum Gasteiger partial charge on any atom is -0.483 e. The van der Waals surface area contributed by atoms with Crippen LogP contribution in [0, 0.1) is 5.82 Å². The monoisotopic (exact) mass is 291 g/mol. The van der Waals surface area contributed by atoms with E-state index in [9.17, 15) is 14.0 Å². The second-order valence-corrected chi connectivity index (χ2v) is 4.39. The first-order valence-electron chi connectivity index (χ1n) is 6.35. The van der Waals surface area contributed by atoms with Crippen LogP contribution >= 0.6 is 0 Å². The van der Waals surface area contributed by atoms with E-state index in [2.05, 4.69) is 0 Å². The fourth-order valence-corrected chi connectivity index (χ4v) is 1.79. The third kappa shape index (κ3) is 3.92. The zero-order valence-electron chi connectivity index (χ0n) is 11.2. The molecule has 0 aliphatic heterocycles. The lowest BCUT2D eigenvalue weighted by molar-refractivity contribution is -0.137. The van der Waals surface area contributed by atoms with Gasteiger partial charge in [-0.15, -0.1) is 0 Å². The second-order valence-electron chi connectivity index (χ2n) is 4.39. The summed E-state index contributed by atoms with van der Waals surface area (Å²) in [6, 6.07) is 9.19. The predicted molar refractivity (Wildman–Crippen MR) is 73.7 cm³/mol. The Hall–Kier alpha value is -2.63. The summed E-state index contributed by atoms with van der Waals surface area (Å²) in [5, 5.41) is 8.63. The number of hydrogen-bond donors (Lipinski definition) is 1. The van der Waals surface area contributed by atoms with Crippen molar-refractivity contribution in [3.8, 4) is 5.75 Å². The summed E-state index contributed by atoms with van der Waals surface area (Å²) >= 11 is 0. The molecule has 0 fully saturated rings. The van der Waals surface area contributed by atoms with Gasteiger partial charge in [0.2, 0.25) is 0 Å². The Morgan fingerprint density at radius 1 is 1.24 bits per heavy atom. The molecular weight excluding hydrogens is 277 g/mol. The van der Waals surface area contributed by atoms with Crippen molar-refractivity contribution in [1.29, 1.82) is 0 Å². The number of hydrogen-bond acceptors (Lipinski definition) is 3. The van der Waals surface area contributed by atoms with Crippen LogP contribution in [0.3, 0.4) is 0 Å². The summed E-state index contributed by atoms with van der Waals surface area (Å²) in [5.41, 5.74) is -0.0899. The maximum absolute atomic E-state index is 13.5. The summed E-state index contributed by atoms with van der Waals surface area (Å²) in [6.07, 6.45) is 1.33. The molecule has 0 atom stereocenters. The Labute approximate surface area is 120 Å². The molecule has 0 aliphatic carbocycles. The number of aromatic nitrogens is 1. The molecule has 2 aromatic rings. The molecule has 5 nitrogen and oxygen atoms in total. The molecule has 0 radical (unpaired) electrons. The van der Waals surface area contributed by atoms with Crippen molar-refractivity contribution in [3.63, 3.8) is 0 Å². The quantitative estimate of drug-likeness (QED) is 0.884. The lowest BCUT2D eigenvalue weighted by Crippen LogP contribution is -2.22. The zero-order valence-corrected chi connectivity index (χ0v) is 11.2. The van der Waals surface area contributed by atoms with Crippen LogP contribution in [-0.2, 0) is 17.9 Å². The molecular formula is C15H14FNO4. The maximum atomic E-state index is 13.5. The van der Waals surface area contributed by atoms with E-state index in [0.29, 0.717) is 5.56 Å². The van der Waals surface area contributed by atoms with Gasteiger partial charge in [0.25, 0.3) is 5.56 Å². The number of rotatable bonds is 6. The first-order valence-corrected chi connectivity index (χ1v) is 6.35. The third-order valence-electron chi connectivity index (χ3n) is 2.89. The van der Waals surface area contributed by atoms with E-state index >= 15 is 0 Å². The highest BCUT2D eigenvalue weighted by atomic mass is 19.1. The van der Waals surface area contributed by atoms with Crippen LogP contribution < -0.4 is 10.3 Å². The Kier molecular flexibility index (Phi) is 4.71.